The van der Waals surface area contributed by atoms with E-state index in [9.17, 15) is 14.0 Å². The number of alkyl halides is 1. The van der Waals surface area contributed by atoms with Crippen molar-refractivity contribution in [3.05, 3.63) is 0 Å². The van der Waals surface area contributed by atoms with Crippen LogP contribution in [-0.4, -0.2) is 41.5 Å². The van der Waals surface area contributed by atoms with Gasteiger partial charge in [-0.25, -0.2) is 0 Å². The Morgan fingerprint density at radius 3 is 2.35 bits per heavy atom. The smallest absolute Gasteiger partial charge is 0.246 e. The molecule has 1 saturated heterocycles. The SMILES string of the molecule is CCC1(CC)C(=O)NC(CC(C)C)C(=O)N1CCCF. The topological polar surface area (TPSA) is 49.4 Å². The summed E-state index contributed by atoms with van der Waals surface area (Å²) in [5.74, 6) is 0.171. The third-order valence-electron chi connectivity index (χ3n) is 4.20. The van der Waals surface area contributed by atoms with E-state index in [-0.39, 0.29) is 18.2 Å². The summed E-state index contributed by atoms with van der Waals surface area (Å²) in [4.78, 5) is 26.7. The van der Waals surface area contributed by atoms with Crippen LogP contribution >= 0.6 is 0 Å². The second kappa shape index (κ2) is 7.04. The molecule has 0 aliphatic carbocycles. The summed E-state index contributed by atoms with van der Waals surface area (Å²) < 4.78 is 12.5. The predicted octanol–water partition coefficient (Wildman–Crippen LogP) is 2.28. The molecule has 1 heterocycles. The van der Waals surface area contributed by atoms with E-state index >= 15 is 0 Å². The van der Waals surface area contributed by atoms with E-state index < -0.39 is 18.3 Å². The third kappa shape index (κ3) is 3.13. The van der Waals surface area contributed by atoms with Gasteiger partial charge in [0.15, 0.2) is 0 Å². The van der Waals surface area contributed by atoms with Crippen LogP contribution in [0.5, 0.6) is 0 Å². The number of hydrogen-bond acceptors (Lipinski definition) is 2. The lowest BCUT2D eigenvalue weighted by Gasteiger charge is -2.48. The van der Waals surface area contributed by atoms with Gasteiger partial charge in [-0.15, -0.1) is 0 Å². The van der Waals surface area contributed by atoms with Crippen LogP contribution in [-0.2, 0) is 9.59 Å². The highest BCUT2D eigenvalue weighted by atomic mass is 19.1. The van der Waals surface area contributed by atoms with Gasteiger partial charge in [-0.05, 0) is 31.6 Å². The number of halogens is 1. The first-order chi connectivity index (χ1) is 9.42. The Balaban J connectivity index is 3.04. The number of rotatable bonds is 7. The third-order valence-corrected chi connectivity index (χ3v) is 4.20. The summed E-state index contributed by atoms with van der Waals surface area (Å²) in [6.45, 7) is 7.70. The molecule has 1 unspecified atom stereocenters. The number of carbonyl (C=O) groups is 2. The van der Waals surface area contributed by atoms with Crippen molar-refractivity contribution >= 4 is 11.8 Å². The standard InChI is InChI=1S/C15H27FN2O2/c1-5-15(6-2)14(20)17-12(10-11(3)4)13(19)18(15)9-7-8-16/h11-12H,5-10H2,1-4H3,(H,17,20). The molecule has 1 rings (SSSR count). The minimum atomic E-state index is -0.806. The molecule has 20 heavy (non-hydrogen) atoms. The van der Waals surface area contributed by atoms with Crippen LogP contribution < -0.4 is 5.32 Å². The normalized spacial score (nSPS) is 22.3. The lowest BCUT2D eigenvalue weighted by Crippen LogP contribution is -2.70. The van der Waals surface area contributed by atoms with Crippen LogP contribution in [0.25, 0.3) is 0 Å². The minimum absolute atomic E-state index is 0.0598. The largest absolute Gasteiger partial charge is 0.342 e. The van der Waals surface area contributed by atoms with Crippen LogP contribution in [0.2, 0.25) is 0 Å². The van der Waals surface area contributed by atoms with Crippen LogP contribution in [0, 0.1) is 5.92 Å². The lowest BCUT2D eigenvalue weighted by molar-refractivity contribution is -0.159. The molecule has 5 heteroatoms. The number of nitrogens with one attached hydrogen (secondary N) is 1. The van der Waals surface area contributed by atoms with Crippen molar-refractivity contribution in [3.8, 4) is 0 Å². The van der Waals surface area contributed by atoms with Gasteiger partial charge in [0, 0.05) is 6.54 Å². The average molecular weight is 286 g/mol. The number of nitrogens with zero attached hydrogens (tertiary/aromatic N) is 1. The Labute approximate surface area is 121 Å². The van der Waals surface area contributed by atoms with Crippen LogP contribution in [0.1, 0.15) is 53.4 Å². The quantitative estimate of drug-likeness (QED) is 0.780. The van der Waals surface area contributed by atoms with Crippen LogP contribution in [0.4, 0.5) is 4.39 Å². The molecule has 1 aliphatic heterocycles. The van der Waals surface area contributed by atoms with Crippen molar-refractivity contribution in [2.75, 3.05) is 13.2 Å². The highest BCUT2D eigenvalue weighted by Gasteiger charge is 2.49. The molecular formula is C15H27FN2O2. The van der Waals surface area contributed by atoms with Crippen molar-refractivity contribution in [1.29, 1.82) is 0 Å². The summed E-state index contributed by atoms with van der Waals surface area (Å²) in [6, 6.07) is -0.465. The van der Waals surface area contributed by atoms with Gasteiger partial charge in [-0.1, -0.05) is 27.7 Å². The summed E-state index contributed by atoms with van der Waals surface area (Å²) in [5.41, 5.74) is -0.806. The zero-order chi connectivity index (χ0) is 15.3. The Morgan fingerprint density at radius 1 is 1.30 bits per heavy atom. The first kappa shape index (κ1) is 16.9. The number of carbonyl (C=O) groups excluding carboxylic acids is 2. The Bertz CT molecular complexity index is 354. The van der Waals surface area contributed by atoms with Crippen molar-refractivity contribution < 1.29 is 14.0 Å². The summed E-state index contributed by atoms with van der Waals surface area (Å²) in [5, 5.41) is 2.87. The molecule has 1 N–H and O–H groups in total. The monoisotopic (exact) mass is 286 g/mol. The van der Waals surface area contributed by atoms with E-state index in [1.54, 1.807) is 4.90 Å². The zero-order valence-corrected chi connectivity index (χ0v) is 13.0. The Hall–Kier alpha value is -1.13. The molecule has 2 amide bonds. The van der Waals surface area contributed by atoms with Crippen molar-refractivity contribution in [1.82, 2.24) is 10.2 Å². The molecule has 1 fully saturated rings. The highest BCUT2D eigenvalue weighted by Crippen LogP contribution is 2.30. The molecule has 4 nitrogen and oxygen atoms in total. The highest BCUT2D eigenvalue weighted by molar-refractivity contribution is 5.99. The molecule has 0 radical (unpaired) electrons. The van der Waals surface area contributed by atoms with Crippen molar-refractivity contribution in [2.45, 2.75) is 65.0 Å². The van der Waals surface area contributed by atoms with Gasteiger partial charge in [-0.3, -0.25) is 14.0 Å². The van der Waals surface area contributed by atoms with E-state index in [1.807, 2.05) is 27.7 Å². The predicted molar refractivity (Wildman–Crippen MR) is 77.0 cm³/mol. The van der Waals surface area contributed by atoms with Gasteiger partial charge in [0.25, 0.3) is 0 Å². The molecule has 0 aromatic carbocycles. The molecule has 116 valence electrons. The molecule has 0 aromatic rings. The summed E-state index contributed by atoms with van der Waals surface area (Å²) >= 11 is 0. The minimum Gasteiger partial charge on any atom is -0.342 e. The Kier molecular flexibility index (Phi) is 5.96. The van der Waals surface area contributed by atoms with Crippen molar-refractivity contribution in [3.63, 3.8) is 0 Å². The van der Waals surface area contributed by atoms with Gasteiger partial charge in [0.1, 0.15) is 11.6 Å². The summed E-state index contributed by atoms with van der Waals surface area (Å²) in [7, 11) is 0. The maximum absolute atomic E-state index is 12.6. The van der Waals surface area contributed by atoms with E-state index in [0.717, 1.165) is 0 Å². The van der Waals surface area contributed by atoms with Gasteiger partial charge in [-0.2, -0.15) is 0 Å². The molecule has 1 aliphatic rings. The molecule has 0 bridgehead atoms. The summed E-state index contributed by atoms with van der Waals surface area (Å²) in [6.07, 6.45) is 2.03. The molecular weight excluding hydrogens is 259 g/mol. The fraction of sp³-hybridized carbons (Fsp3) is 0.867. The van der Waals surface area contributed by atoms with Gasteiger partial charge >= 0.3 is 0 Å². The van der Waals surface area contributed by atoms with E-state index in [2.05, 4.69) is 5.32 Å². The first-order valence-corrected chi connectivity index (χ1v) is 7.61. The zero-order valence-electron chi connectivity index (χ0n) is 13.0. The molecule has 0 spiro atoms. The van der Waals surface area contributed by atoms with E-state index in [0.29, 0.717) is 31.7 Å². The van der Waals surface area contributed by atoms with Crippen LogP contribution in [0.15, 0.2) is 0 Å². The number of piperazine rings is 1. The van der Waals surface area contributed by atoms with E-state index in [1.165, 1.54) is 0 Å². The second-order valence-corrected chi connectivity index (χ2v) is 5.93. The van der Waals surface area contributed by atoms with Gasteiger partial charge in [0.05, 0.1) is 6.67 Å². The molecule has 1 atom stereocenters. The second-order valence-electron chi connectivity index (χ2n) is 5.93. The average Bonchev–Trinajstić information content (AvgIpc) is 2.40. The number of amides is 2. The lowest BCUT2D eigenvalue weighted by atomic mass is 9.84. The van der Waals surface area contributed by atoms with Crippen LogP contribution in [0.3, 0.4) is 0 Å². The van der Waals surface area contributed by atoms with Crippen molar-refractivity contribution in [2.24, 2.45) is 5.92 Å². The fourth-order valence-electron chi connectivity index (χ4n) is 3.00. The van der Waals surface area contributed by atoms with Gasteiger partial charge in [0.2, 0.25) is 11.8 Å². The first-order valence-electron chi connectivity index (χ1n) is 7.61. The van der Waals surface area contributed by atoms with E-state index in [4.69, 9.17) is 0 Å². The Morgan fingerprint density at radius 2 is 1.90 bits per heavy atom. The number of hydrogen-bond donors (Lipinski definition) is 1. The maximum Gasteiger partial charge on any atom is 0.246 e. The molecule has 0 saturated carbocycles. The maximum atomic E-state index is 12.6. The molecule has 0 aromatic heterocycles. The van der Waals surface area contributed by atoms with Gasteiger partial charge < -0.3 is 10.2 Å². The fourth-order valence-corrected chi connectivity index (χ4v) is 3.00.